The number of benzene rings is 2. The molecular weight excluding hydrogens is 390 g/mol. The molecule has 0 radical (unpaired) electrons. The lowest BCUT2D eigenvalue weighted by atomic mass is 10.1. The van der Waals surface area contributed by atoms with Crippen molar-refractivity contribution in [2.75, 3.05) is 24.9 Å². The van der Waals surface area contributed by atoms with Crippen molar-refractivity contribution in [3.8, 4) is 6.07 Å². The van der Waals surface area contributed by atoms with Crippen LogP contribution in [0.3, 0.4) is 0 Å². The van der Waals surface area contributed by atoms with Crippen LogP contribution in [-0.2, 0) is 10.0 Å². The molecule has 9 heteroatoms. The van der Waals surface area contributed by atoms with Gasteiger partial charge in [-0.25, -0.2) is 8.42 Å². The summed E-state index contributed by atoms with van der Waals surface area (Å²) in [5.74, 6) is -0.312. The van der Waals surface area contributed by atoms with Gasteiger partial charge in [-0.1, -0.05) is 12.1 Å². The van der Waals surface area contributed by atoms with Gasteiger partial charge in [0.2, 0.25) is 0 Å². The van der Waals surface area contributed by atoms with Crippen molar-refractivity contribution in [3.63, 3.8) is 0 Å². The fourth-order valence-electron chi connectivity index (χ4n) is 3.11. The van der Waals surface area contributed by atoms with Crippen LogP contribution in [0, 0.1) is 18.3 Å². The third-order valence-corrected chi connectivity index (χ3v) is 5.97. The Labute approximate surface area is 169 Å². The fraction of sp³-hybridized carbons (Fsp3) is 0.200. The average Bonchev–Trinajstić information content (AvgIpc) is 3.15. The standard InChI is InChI=1S/C20H21N5O3S/c1-13-6-7-17(19-18(13)15(11-22)12-23-19)24-29(27,28)16-5-3-4-14(10-16)20(26)25(2)9-8-21/h3-7,10,12,23-24H,8-9,21H2,1-2H3. The zero-order valence-electron chi connectivity index (χ0n) is 16.1. The summed E-state index contributed by atoms with van der Waals surface area (Å²) >= 11 is 0. The summed E-state index contributed by atoms with van der Waals surface area (Å²) in [6.45, 7) is 2.53. The zero-order chi connectivity index (χ0) is 21.2. The maximum absolute atomic E-state index is 12.9. The van der Waals surface area contributed by atoms with Gasteiger partial charge in [0.05, 0.1) is 21.7 Å². The van der Waals surface area contributed by atoms with Crippen LogP contribution >= 0.6 is 0 Å². The van der Waals surface area contributed by atoms with Gasteiger partial charge in [-0.2, -0.15) is 5.26 Å². The number of aryl methyl sites for hydroxylation is 1. The van der Waals surface area contributed by atoms with Crippen molar-refractivity contribution in [2.45, 2.75) is 11.8 Å². The summed E-state index contributed by atoms with van der Waals surface area (Å²) in [5, 5.41) is 9.93. The quantitative estimate of drug-likeness (QED) is 0.572. The highest BCUT2D eigenvalue weighted by atomic mass is 32.2. The highest BCUT2D eigenvalue weighted by Gasteiger charge is 2.20. The largest absolute Gasteiger partial charge is 0.358 e. The molecule has 0 atom stereocenters. The zero-order valence-corrected chi connectivity index (χ0v) is 16.9. The molecule has 1 aromatic heterocycles. The molecule has 3 aromatic rings. The van der Waals surface area contributed by atoms with Crippen molar-refractivity contribution in [1.82, 2.24) is 9.88 Å². The summed E-state index contributed by atoms with van der Waals surface area (Å²) in [6.07, 6.45) is 1.54. The maximum Gasteiger partial charge on any atom is 0.261 e. The number of carbonyl (C=O) groups is 1. The second-order valence-corrected chi connectivity index (χ2v) is 8.33. The molecule has 8 nitrogen and oxygen atoms in total. The molecule has 0 bridgehead atoms. The van der Waals surface area contributed by atoms with Crippen LogP contribution in [0.2, 0.25) is 0 Å². The summed E-state index contributed by atoms with van der Waals surface area (Å²) in [5.41, 5.74) is 7.88. The number of nitrogens with one attached hydrogen (secondary N) is 2. The molecule has 0 aliphatic rings. The van der Waals surface area contributed by atoms with Gasteiger partial charge in [0.1, 0.15) is 6.07 Å². The predicted molar refractivity (Wildman–Crippen MR) is 111 cm³/mol. The number of nitriles is 1. The normalized spacial score (nSPS) is 11.2. The first-order valence-corrected chi connectivity index (χ1v) is 10.4. The molecule has 0 fully saturated rings. The molecule has 29 heavy (non-hydrogen) atoms. The van der Waals surface area contributed by atoms with Crippen molar-refractivity contribution < 1.29 is 13.2 Å². The smallest absolute Gasteiger partial charge is 0.261 e. The van der Waals surface area contributed by atoms with E-state index in [2.05, 4.69) is 15.8 Å². The van der Waals surface area contributed by atoms with E-state index in [-0.39, 0.29) is 16.4 Å². The van der Waals surface area contributed by atoms with E-state index in [1.54, 1.807) is 31.4 Å². The third kappa shape index (κ3) is 3.94. The minimum atomic E-state index is -3.96. The lowest BCUT2D eigenvalue weighted by Crippen LogP contribution is -2.31. The Bertz CT molecular complexity index is 1220. The number of nitrogens with two attached hydrogens (primary N) is 1. The van der Waals surface area contributed by atoms with Crippen LogP contribution in [0.1, 0.15) is 21.5 Å². The summed E-state index contributed by atoms with van der Waals surface area (Å²) < 4.78 is 28.4. The molecule has 0 spiro atoms. The van der Waals surface area contributed by atoms with Crippen LogP contribution in [-0.4, -0.2) is 44.3 Å². The van der Waals surface area contributed by atoms with E-state index in [1.807, 2.05) is 6.92 Å². The average molecular weight is 411 g/mol. The van der Waals surface area contributed by atoms with Crippen LogP contribution in [0.5, 0.6) is 0 Å². The fourth-order valence-corrected chi connectivity index (χ4v) is 4.23. The summed E-state index contributed by atoms with van der Waals surface area (Å²) in [4.78, 5) is 16.8. The topological polar surface area (TPSA) is 132 Å². The van der Waals surface area contributed by atoms with Crippen LogP contribution in [0.4, 0.5) is 5.69 Å². The molecule has 3 rings (SSSR count). The van der Waals surface area contributed by atoms with Gasteiger partial charge < -0.3 is 15.6 Å². The van der Waals surface area contributed by atoms with E-state index in [0.29, 0.717) is 35.2 Å². The van der Waals surface area contributed by atoms with Gasteiger partial charge in [-0.05, 0) is 36.8 Å². The molecule has 0 aliphatic heterocycles. The highest BCUT2D eigenvalue weighted by molar-refractivity contribution is 7.92. The van der Waals surface area contributed by atoms with E-state index in [0.717, 1.165) is 5.56 Å². The van der Waals surface area contributed by atoms with Gasteiger partial charge in [0.25, 0.3) is 15.9 Å². The van der Waals surface area contributed by atoms with E-state index in [4.69, 9.17) is 5.73 Å². The number of anilines is 1. The monoisotopic (exact) mass is 411 g/mol. The SMILES string of the molecule is Cc1ccc(NS(=O)(=O)c2cccc(C(=O)N(C)CCN)c2)c2[nH]cc(C#N)c12. The van der Waals surface area contributed by atoms with Gasteiger partial charge >= 0.3 is 0 Å². The number of likely N-dealkylation sites (N-methyl/N-ethyl adjacent to an activating group) is 1. The van der Waals surface area contributed by atoms with E-state index in [9.17, 15) is 18.5 Å². The first kappa shape index (κ1) is 20.4. The summed E-state index contributed by atoms with van der Waals surface area (Å²) in [7, 11) is -2.35. The number of hydrogen-bond acceptors (Lipinski definition) is 5. The number of carbonyl (C=O) groups excluding carboxylic acids is 1. The lowest BCUT2D eigenvalue weighted by Gasteiger charge is -2.16. The second kappa shape index (κ2) is 7.95. The Morgan fingerprint density at radius 2 is 2.07 bits per heavy atom. The third-order valence-electron chi connectivity index (χ3n) is 4.61. The molecule has 0 unspecified atom stereocenters. The minimum Gasteiger partial charge on any atom is -0.358 e. The van der Waals surface area contributed by atoms with Crippen molar-refractivity contribution in [3.05, 3.63) is 59.3 Å². The number of aromatic amines is 1. The van der Waals surface area contributed by atoms with Crippen molar-refractivity contribution in [2.24, 2.45) is 5.73 Å². The lowest BCUT2D eigenvalue weighted by molar-refractivity contribution is 0.0799. The number of hydrogen-bond donors (Lipinski definition) is 3. The van der Waals surface area contributed by atoms with Gasteiger partial charge in [0.15, 0.2) is 0 Å². The second-order valence-electron chi connectivity index (χ2n) is 6.64. The van der Waals surface area contributed by atoms with Crippen molar-refractivity contribution in [1.29, 1.82) is 5.26 Å². The molecule has 2 aromatic carbocycles. The Morgan fingerprint density at radius 1 is 1.31 bits per heavy atom. The Hall–Kier alpha value is -3.35. The first-order chi connectivity index (χ1) is 13.8. The number of sulfonamides is 1. The Morgan fingerprint density at radius 3 is 2.76 bits per heavy atom. The molecule has 0 aliphatic carbocycles. The molecule has 4 N–H and O–H groups in total. The molecular formula is C20H21N5O3S. The van der Waals surface area contributed by atoms with Crippen molar-refractivity contribution >= 4 is 32.5 Å². The number of aromatic nitrogens is 1. The maximum atomic E-state index is 12.9. The number of fused-ring (bicyclic) bond motifs is 1. The summed E-state index contributed by atoms with van der Waals surface area (Å²) in [6, 6.07) is 11.3. The molecule has 1 amide bonds. The molecule has 150 valence electrons. The molecule has 0 saturated heterocycles. The number of amides is 1. The Balaban J connectivity index is 1.97. The van der Waals surface area contributed by atoms with Gasteiger partial charge in [-0.3, -0.25) is 9.52 Å². The molecule has 0 saturated carbocycles. The highest BCUT2D eigenvalue weighted by Crippen LogP contribution is 2.30. The van der Waals surface area contributed by atoms with E-state index >= 15 is 0 Å². The van der Waals surface area contributed by atoms with Gasteiger partial charge in [0, 0.05) is 37.3 Å². The minimum absolute atomic E-state index is 0.0368. The number of nitrogens with zero attached hydrogens (tertiary/aromatic N) is 2. The number of rotatable bonds is 6. The van der Waals surface area contributed by atoms with E-state index in [1.165, 1.54) is 23.1 Å². The van der Waals surface area contributed by atoms with E-state index < -0.39 is 10.0 Å². The molecule has 1 heterocycles. The first-order valence-electron chi connectivity index (χ1n) is 8.87. The van der Waals surface area contributed by atoms with Crippen LogP contribution < -0.4 is 10.5 Å². The number of H-pyrrole nitrogens is 1. The Kier molecular flexibility index (Phi) is 5.59. The van der Waals surface area contributed by atoms with Crippen LogP contribution in [0.25, 0.3) is 10.9 Å². The van der Waals surface area contributed by atoms with Crippen LogP contribution in [0.15, 0.2) is 47.5 Å². The van der Waals surface area contributed by atoms with Gasteiger partial charge in [-0.15, -0.1) is 0 Å². The predicted octanol–water partition coefficient (Wildman–Crippen LogP) is 2.18.